The van der Waals surface area contributed by atoms with Crippen LogP contribution in [0.5, 0.6) is 0 Å². The molecule has 1 aliphatic heterocycles. The molecule has 0 spiro atoms. The van der Waals surface area contributed by atoms with Gasteiger partial charge in [0.2, 0.25) is 0 Å². The van der Waals surface area contributed by atoms with Crippen molar-refractivity contribution in [2.24, 2.45) is 0 Å². The van der Waals surface area contributed by atoms with Gasteiger partial charge in [0, 0.05) is 36.7 Å². The van der Waals surface area contributed by atoms with E-state index in [1.54, 1.807) is 10.9 Å². The van der Waals surface area contributed by atoms with Gasteiger partial charge in [0.25, 0.3) is 0 Å². The van der Waals surface area contributed by atoms with Crippen LogP contribution < -0.4 is 5.73 Å². The van der Waals surface area contributed by atoms with E-state index in [0.29, 0.717) is 11.5 Å². The highest BCUT2D eigenvalue weighted by atomic mass is 15.3. The summed E-state index contributed by atoms with van der Waals surface area (Å²) in [6, 6.07) is 8.48. The van der Waals surface area contributed by atoms with Crippen LogP contribution in [0.4, 0.5) is 5.69 Å². The van der Waals surface area contributed by atoms with Crippen LogP contribution in [0.2, 0.25) is 0 Å². The molecule has 2 aromatic heterocycles. The molecule has 156 valence electrons. The summed E-state index contributed by atoms with van der Waals surface area (Å²) in [4.78, 5) is 6.83. The van der Waals surface area contributed by atoms with Gasteiger partial charge in [-0.2, -0.15) is 10.4 Å². The molecule has 31 heavy (non-hydrogen) atoms. The molecular formula is C25H26N6. The Morgan fingerprint density at radius 2 is 2.16 bits per heavy atom. The van der Waals surface area contributed by atoms with Crippen molar-refractivity contribution < 1.29 is 0 Å². The maximum absolute atomic E-state index is 9.09. The number of nitrogen functional groups attached to an aromatic ring is 1. The van der Waals surface area contributed by atoms with Gasteiger partial charge < -0.3 is 5.73 Å². The van der Waals surface area contributed by atoms with Crippen molar-refractivity contribution in [1.29, 1.82) is 5.26 Å². The van der Waals surface area contributed by atoms with Gasteiger partial charge in [-0.25, -0.2) is 9.67 Å². The van der Waals surface area contributed by atoms with E-state index in [-0.39, 0.29) is 0 Å². The molecule has 0 radical (unpaired) electrons. The van der Waals surface area contributed by atoms with E-state index in [1.807, 2.05) is 25.4 Å². The van der Waals surface area contributed by atoms with E-state index in [2.05, 4.69) is 39.8 Å². The van der Waals surface area contributed by atoms with Crippen LogP contribution >= 0.6 is 0 Å². The number of aryl methyl sites for hydroxylation is 1. The SMILES string of the molecule is C=C1CCc2c1ccc(C1CCN(Cc3cnn(-c4cc(C)c(C#N)cn4)c3)C1)c2N. The number of nitrogens with zero attached hydrogens (tertiary/aromatic N) is 5. The number of nitriles is 1. The van der Waals surface area contributed by atoms with E-state index in [0.717, 1.165) is 61.5 Å². The van der Waals surface area contributed by atoms with Crippen LogP contribution in [0.3, 0.4) is 0 Å². The summed E-state index contributed by atoms with van der Waals surface area (Å²) < 4.78 is 1.78. The second-order valence-corrected chi connectivity index (χ2v) is 8.68. The van der Waals surface area contributed by atoms with Crippen LogP contribution in [0.1, 0.15) is 52.1 Å². The second kappa shape index (κ2) is 7.68. The van der Waals surface area contributed by atoms with Crippen molar-refractivity contribution in [2.45, 2.75) is 38.6 Å². The van der Waals surface area contributed by atoms with E-state index in [1.165, 1.54) is 22.3 Å². The maximum atomic E-state index is 9.09. The summed E-state index contributed by atoms with van der Waals surface area (Å²) in [5, 5.41) is 13.6. The predicted molar refractivity (Wildman–Crippen MR) is 122 cm³/mol. The third-order valence-corrected chi connectivity index (χ3v) is 6.65. The Balaban J connectivity index is 1.28. The van der Waals surface area contributed by atoms with Gasteiger partial charge in [-0.1, -0.05) is 18.7 Å². The molecular weight excluding hydrogens is 384 g/mol. The Bertz CT molecular complexity index is 1220. The van der Waals surface area contributed by atoms with E-state index in [4.69, 9.17) is 11.0 Å². The number of nitrogens with two attached hydrogens (primary N) is 1. The van der Waals surface area contributed by atoms with Crippen LogP contribution in [0.15, 0.2) is 43.4 Å². The lowest BCUT2D eigenvalue weighted by atomic mass is 9.92. The molecule has 0 saturated carbocycles. The van der Waals surface area contributed by atoms with E-state index in [9.17, 15) is 0 Å². The minimum atomic E-state index is 0.469. The van der Waals surface area contributed by atoms with Crippen LogP contribution in [0, 0.1) is 18.3 Å². The molecule has 1 saturated heterocycles. The number of fused-ring (bicyclic) bond motifs is 1. The topological polar surface area (TPSA) is 83.8 Å². The first-order valence-electron chi connectivity index (χ1n) is 10.8. The molecule has 6 heteroatoms. The molecule has 0 bridgehead atoms. The van der Waals surface area contributed by atoms with Crippen molar-refractivity contribution >= 4 is 11.3 Å². The number of pyridine rings is 1. The third-order valence-electron chi connectivity index (χ3n) is 6.65. The fraction of sp³-hybridized carbons (Fsp3) is 0.320. The Morgan fingerprint density at radius 3 is 2.97 bits per heavy atom. The zero-order valence-electron chi connectivity index (χ0n) is 17.8. The van der Waals surface area contributed by atoms with Crippen LogP contribution in [-0.2, 0) is 13.0 Å². The lowest BCUT2D eigenvalue weighted by Crippen LogP contribution is -2.19. The van der Waals surface area contributed by atoms with Gasteiger partial charge in [0.1, 0.15) is 6.07 Å². The number of aromatic nitrogens is 3. The Labute approximate surface area is 182 Å². The molecule has 1 aromatic carbocycles. The highest BCUT2D eigenvalue weighted by molar-refractivity contribution is 5.77. The zero-order chi connectivity index (χ0) is 21.5. The van der Waals surface area contributed by atoms with Crippen molar-refractivity contribution in [3.8, 4) is 11.9 Å². The number of rotatable bonds is 4. The standard InChI is InChI=1S/C25H26N6/c1-16-3-4-23-21(16)5-6-22(25(23)27)19-7-8-30(15-19)13-18-11-29-31(14-18)24-9-17(2)20(10-26)12-28-24/h5-6,9,11-12,14,19H,1,3-4,7-8,13,15,27H2,2H3. The molecule has 3 heterocycles. The Kier molecular flexibility index (Phi) is 4.84. The lowest BCUT2D eigenvalue weighted by Gasteiger charge is -2.18. The molecule has 2 aliphatic rings. The molecule has 6 nitrogen and oxygen atoms in total. The molecule has 3 aromatic rings. The summed E-state index contributed by atoms with van der Waals surface area (Å²) in [5.74, 6) is 1.20. The fourth-order valence-electron chi connectivity index (χ4n) is 4.89. The third kappa shape index (κ3) is 3.51. The van der Waals surface area contributed by atoms with Crippen molar-refractivity contribution in [1.82, 2.24) is 19.7 Å². The van der Waals surface area contributed by atoms with Crippen molar-refractivity contribution in [3.05, 3.63) is 76.7 Å². The highest BCUT2D eigenvalue weighted by Gasteiger charge is 2.28. The first-order valence-corrected chi connectivity index (χ1v) is 10.8. The summed E-state index contributed by atoms with van der Waals surface area (Å²) in [6.45, 7) is 8.99. The summed E-state index contributed by atoms with van der Waals surface area (Å²) in [6.07, 6.45) is 8.69. The molecule has 0 amide bonds. The average molecular weight is 411 g/mol. The van der Waals surface area contributed by atoms with Crippen LogP contribution in [-0.4, -0.2) is 32.8 Å². The summed E-state index contributed by atoms with van der Waals surface area (Å²) in [5.41, 5.74) is 15.3. The molecule has 1 aliphatic carbocycles. The largest absolute Gasteiger partial charge is 0.398 e. The van der Waals surface area contributed by atoms with Crippen molar-refractivity contribution in [3.63, 3.8) is 0 Å². The minimum Gasteiger partial charge on any atom is -0.398 e. The molecule has 5 rings (SSSR count). The smallest absolute Gasteiger partial charge is 0.153 e. The molecule has 2 N–H and O–H groups in total. The first-order chi connectivity index (χ1) is 15.0. The number of allylic oxidation sites excluding steroid dienone is 1. The molecule has 1 unspecified atom stereocenters. The predicted octanol–water partition coefficient (Wildman–Crippen LogP) is 3.98. The van der Waals surface area contributed by atoms with Gasteiger partial charge >= 0.3 is 0 Å². The number of anilines is 1. The average Bonchev–Trinajstić information content (AvgIpc) is 3.50. The maximum Gasteiger partial charge on any atom is 0.153 e. The van der Waals surface area contributed by atoms with Gasteiger partial charge in [0.15, 0.2) is 5.82 Å². The number of likely N-dealkylation sites (tertiary alicyclic amines) is 1. The minimum absolute atomic E-state index is 0.469. The molecule has 1 fully saturated rings. The number of hydrogen-bond donors (Lipinski definition) is 1. The van der Waals surface area contributed by atoms with Gasteiger partial charge in [-0.3, -0.25) is 4.90 Å². The first kappa shape index (κ1) is 19.5. The van der Waals surface area contributed by atoms with Gasteiger partial charge in [-0.05, 0) is 72.5 Å². The van der Waals surface area contributed by atoms with E-state index < -0.39 is 0 Å². The monoisotopic (exact) mass is 410 g/mol. The Morgan fingerprint density at radius 1 is 1.29 bits per heavy atom. The quantitative estimate of drug-likeness (QED) is 0.658. The normalized spacial score (nSPS) is 18.3. The Hall–Kier alpha value is -3.43. The fourth-order valence-corrected chi connectivity index (χ4v) is 4.89. The molecule has 1 atom stereocenters. The lowest BCUT2D eigenvalue weighted by molar-refractivity contribution is 0.327. The van der Waals surface area contributed by atoms with Gasteiger partial charge in [0.05, 0.1) is 11.8 Å². The summed E-state index contributed by atoms with van der Waals surface area (Å²) in [7, 11) is 0. The van der Waals surface area contributed by atoms with Crippen LogP contribution in [0.25, 0.3) is 11.4 Å². The highest BCUT2D eigenvalue weighted by Crippen LogP contribution is 2.40. The second-order valence-electron chi connectivity index (χ2n) is 8.68. The van der Waals surface area contributed by atoms with Crippen molar-refractivity contribution in [2.75, 3.05) is 18.8 Å². The van der Waals surface area contributed by atoms with Gasteiger partial charge in [-0.15, -0.1) is 0 Å². The summed E-state index contributed by atoms with van der Waals surface area (Å²) >= 11 is 0. The zero-order valence-corrected chi connectivity index (χ0v) is 17.8. The number of hydrogen-bond acceptors (Lipinski definition) is 5. The number of benzene rings is 1. The van der Waals surface area contributed by atoms with E-state index >= 15 is 0 Å².